The minimum Gasteiger partial charge on any atom is -1.00 e. The Bertz CT molecular complexity index is 40.3. The Balaban J connectivity index is -0.00000000750. The van der Waals surface area contributed by atoms with Crippen LogP contribution in [0, 0.1) is 0 Å². The average molecular weight is 180 g/mol. The van der Waals surface area contributed by atoms with Crippen LogP contribution in [-0.2, 0) is 21.6 Å². The van der Waals surface area contributed by atoms with E-state index in [-0.39, 0.29) is 57.7 Å². The van der Waals surface area contributed by atoms with Crippen LogP contribution in [-0.4, -0.2) is 47.5 Å². The van der Waals surface area contributed by atoms with Crippen LogP contribution in [0.5, 0.6) is 0 Å². The second-order valence-electron chi connectivity index (χ2n) is 0.283. The molecule has 0 bridgehead atoms. The van der Waals surface area contributed by atoms with Crippen LogP contribution in [0.15, 0.2) is 0 Å². The van der Waals surface area contributed by atoms with Crippen molar-refractivity contribution >= 4 is 46.0 Å². The zero-order chi connectivity index (χ0) is 3.58. The zero-order valence-electron chi connectivity index (χ0n) is 4.86. The van der Waals surface area contributed by atoms with E-state index in [0.29, 0.717) is 0 Å². The van der Waals surface area contributed by atoms with Crippen molar-refractivity contribution in [2.75, 3.05) is 0 Å². The molecule has 0 aromatic rings. The van der Waals surface area contributed by atoms with Gasteiger partial charge in [-0.15, -0.1) is 0 Å². The molecule has 0 aromatic carbocycles. The third-order valence-corrected chi connectivity index (χ3v) is 0. The molecule has 0 saturated carbocycles. The molecular weight excluding hydrogens is 175 g/mol. The smallest absolute Gasteiger partial charge is 1.00 e. The Labute approximate surface area is 79.5 Å². The fourth-order valence-electron chi connectivity index (χ4n) is 0. The van der Waals surface area contributed by atoms with Gasteiger partial charge in [-0.2, -0.15) is 0 Å². The average Bonchev–Trinajstić information content (AvgIpc) is 0.811. The summed E-state index contributed by atoms with van der Waals surface area (Å²) in [4.78, 5) is 14.3. The largest absolute Gasteiger partial charge is 2.00 e. The van der Waals surface area contributed by atoms with Gasteiger partial charge in [0.15, 0.2) is 0 Å². The van der Waals surface area contributed by atoms with Crippen LogP contribution in [0.3, 0.4) is 0 Å². The summed E-state index contributed by atoms with van der Waals surface area (Å²) in [7, 11) is -3.13. The summed E-state index contributed by atoms with van der Waals surface area (Å²) < 4.78 is 8.74. The number of rotatable bonds is 0. The van der Waals surface area contributed by atoms with Crippen molar-refractivity contribution < 1.29 is 34.3 Å². The molecule has 0 atom stereocenters. The minimum absolute atomic E-state index is 0. The van der Waals surface area contributed by atoms with Crippen molar-refractivity contribution in [3.05, 3.63) is 0 Å². The molecule has 0 spiro atoms. The molecule has 0 fully saturated rings. The SMILES string of the molecule is O=[PH](O)O.[Ca+2].[Fe].[H-].[H-]. The van der Waals surface area contributed by atoms with Gasteiger partial charge >= 0.3 is 46.0 Å². The van der Waals surface area contributed by atoms with E-state index in [2.05, 4.69) is 0 Å². The Morgan fingerprint density at radius 1 is 1.50 bits per heavy atom. The maximum Gasteiger partial charge on any atom is 2.00 e. The quantitative estimate of drug-likeness (QED) is 0.379. The van der Waals surface area contributed by atoms with Gasteiger partial charge in [-0.05, 0) is 0 Å². The maximum absolute atomic E-state index is 8.74. The molecule has 0 rings (SSSR count). The summed E-state index contributed by atoms with van der Waals surface area (Å²) in [6, 6.07) is 0. The predicted molar refractivity (Wildman–Crippen MR) is 21.4 cm³/mol. The topological polar surface area (TPSA) is 57.5 Å². The van der Waals surface area contributed by atoms with Crippen LogP contribution < -0.4 is 0 Å². The summed E-state index contributed by atoms with van der Waals surface area (Å²) >= 11 is 0. The molecule has 0 saturated heterocycles. The Kier molecular flexibility index (Phi) is 26.2. The molecule has 0 heterocycles. The molecule has 0 amide bonds. The van der Waals surface area contributed by atoms with E-state index in [1.807, 2.05) is 0 Å². The van der Waals surface area contributed by atoms with Gasteiger partial charge in [0.1, 0.15) is 0 Å². The van der Waals surface area contributed by atoms with Gasteiger partial charge in [0.25, 0.3) is 0 Å². The molecule has 0 aliphatic rings. The monoisotopic (exact) mass is 180 g/mol. The van der Waals surface area contributed by atoms with E-state index in [1.165, 1.54) is 0 Å². The van der Waals surface area contributed by atoms with Gasteiger partial charge in [-0.1, -0.05) is 0 Å². The summed E-state index contributed by atoms with van der Waals surface area (Å²) in [5.74, 6) is 0. The maximum atomic E-state index is 8.74. The third-order valence-electron chi connectivity index (χ3n) is 0. The summed E-state index contributed by atoms with van der Waals surface area (Å²) in [6.07, 6.45) is 0. The van der Waals surface area contributed by atoms with Gasteiger partial charge in [-0.25, -0.2) is 0 Å². The van der Waals surface area contributed by atoms with E-state index < -0.39 is 8.25 Å². The van der Waals surface area contributed by atoms with Gasteiger partial charge < -0.3 is 12.6 Å². The molecule has 0 aliphatic heterocycles. The first-order valence-electron chi connectivity index (χ1n) is 0.651. The van der Waals surface area contributed by atoms with E-state index in [4.69, 9.17) is 14.4 Å². The van der Waals surface area contributed by atoms with Crippen LogP contribution in [0.2, 0.25) is 0 Å². The second-order valence-corrected chi connectivity index (χ2v) is 0.848. The van der Waals surface area contributed by atoms with Crippen molar-refractivity contribution in [2.24, 2.45) is 0 Å². The van der Waals surface area contributed by atoms with Gasteiger partial charge in [0, 0.05) is 17.1 Å². The van der Waals surface area contributed by atoms with Crippen LogP contribution in [0.4, 0.5) is 0 Å². The molecule has 6 heteroatoms. The van der Waals surface area contributed by atoms with Crippen LogP contribution >= 0.6 is 8.25 Å². The van der Waals surface area contributed by atoms with Crippen molar-refractivity contribution in [1.82, 2.24) is 0 Å². The number of hydrogen-bond donors (Lipinski definition) is 2. The summed E-state index contributed by atoms with van der Waals surface area (Å²) in [5.41, 5.74) is 0. The molecule has 6 heavy (non-hydrogen) atoms. The van der Waals surface area contributed by atoms with Crippen molar-refractivity contribution in [1.29, 1.82) is 0 Å². The first-order chi connectivity index (χ1) is 1.73. The fourth-order valence-corrected chi connectivity index (χ4v) is 0. The molecule has 3 nitrogen and oxygen atoms in total. The van der Waals surface area contributed by atoms with Crippen molar-refractivity contribution in [3.63, 3.8) is 0 Å². The number of hydrogen-bond acceptors (Lipinski definition) is 1. The second kappa shape index (κ2) is 10.0. The van der Waals surface area contributed by atoms with Gasteiger partial charge in [0.05, 0.1) is 0 Å². The molecule has 0 radical (unpaired) electrons. The molecule has 0 aromatic heterocycles. The van der Waals surface area contributed by atoms with E-state index >= 15 is 0 Å². The van der Waals surface area contributed by atoms with Crippen LogP contribution in [0.25, 0.3) is 0 Å². The Hall–Kier alpha value is 1.93. The van der Waals surface area contributed by atoms with Crippen molar-refractivity contribution in [2.45, 2.75) is 0 Å². The zero-order valence-corrected chi connectivity index (χ0v) is 7.18. The minimum atomic E-state index is -3.13. The normalized spacial score (nSPS) is 5.83. The molecular formula is H5CaFeO3P. The standard InChI is InChI=1S/Ca.Fe.H3O3P.2H/c;;1-4(2)3;;/h;;4H,(H2,1,2,3);;/q+2;;;2*-1. The van der Waals surface area contributed by atoms with E-state index in [9.17, 15) is 0 Å². The Morgan fingerprint density at radius 2 is 1.50 bits per heavy atom. The third kappa shape index (κ3) is 38.7. The molecule has 2 N–H and O–H groups in total. The summed E-state index contributed by atoms with van der Waals surface area (Å²) in [5, 5.41) is 0. The predicted octanol–water partition coefficient (Wildman–Crippen LogP) is -0.798. The van der Waals surface area contributed by atoms with Gasteiger partial charge in [0.2, 0.25) is 0 Å². The van der Waals surface area contributed by atoms with E-state index in [1.54, 1.807) is 0 Å². The van der Waals surface area contributed by atoms with E-state index in [0.717, 1.165) is 0 Å². The molecule has 0 unspecified atom stereocenters. The fraction of sp³-hybridized carbons (Fsp3) is 0. The Morgan fingerprint density at radius 3 is 1.50 bits per heavy atom. The van der Waals surface area contributed by atoms with Crippen molar-refractivity contribution in [3.8, 4) is 0 Å². The first-order valence-corrected chi connectivity index (χ1v) is 1.95. The van der Waals surface area contributed by atoms with Crippen LogP contribution in [0.1, 0.15) is 2.85 Å². The first kappa shape index (κ1) is 15.7. The molecule has 0 aliphatic carbocycles. The van der Waals surface area contributed by atoms with Gasteiger partial charge in [-0.3, -0.25) is 4.57 Å². The summed E-state index contributed by atoms with van der Waals surface area (Å²) in [6.45, 7) is 0. The molecule has 38 valence electrons.